The molecule has 0 heterocycles. The molecule has 0 aromatic rings. The number of nitrogens with zero attached hydrogens (tertiary/aromatic N) is 1. The van der Waals surface area contributed by atoms with E-state index >= 15 is 0 Å². The molecule has 0 aliphatic heterocycles. The van der Waals surface area contributed by atoms with E-state index in [1.54, 1.807) is 11.9 Å². The maximum Gasteiger partial charge on any atom is 0.390 e. The average molecular weight is 310 g/mol. The molecule has 2 atom stereocenters. The van der Waals surface area contributed by atoms with Crippen LogP contribution in [0.1, 0.15) is 39.0 Å². The van der Waals surface area contributed by atoms with Crippen LogP contribution >= 0.6 is 0 Å². The lowest BCUT2D eigenvalue weighted by molar-refractivity contribution is -0.149. The fourth-order valence-corrected chi connectivity index (χ4v) is 2.86. The van der Waals surface area contributed by atoms with Crippen LogP contribution in [0.3, 0.4) is 0 Å². The second kappa shape index (κ2) is 7.45. The van der Waals surface area contributed by atoms with E-state index in [0.29, 0.717) is 25.8 Å². The largest absolute Gasteiger partial charge is 0.468 e. The molecule has 0 saturated heterocycles. The Hall–Kier alpha value is -0.820. The van der Waals surface area contributed by atoms with E-state index in [0.717, 1.165) is 6.42 Å². The SMILES string of the molecule is CCCNC1(C(=O)OC)CCC(N(C)CCC(F)(F)F)C1. The molecular weight excluding hydrogens is 285 g/mol. The Balaban J connectivity index is 2.63. The number of carbonyl (C=O) groups excluding carboxylic acids is 1. The lowest BCUT2D eigenvalue weighted by Gasteiger charge is -2.30. The number of ether oxygens (including phenoxy) is 1. The van der Waals surface area contributed by atoms with E-state index in [9.17, 15) is 18.0 Å². The van der Waals surface area contributed by atoms with E-state index in [1.807, 2.05) is 6.92 Å². The predicted molar refractivity (Wildman–Crippen MR) is 74.0 cm³/mol. The summed E-state index contributed by atoms with van der Waals surface area (Å²) in [6, 6.07) is -0.0317. The number of hydrogen-bond acceptors (Lipinski definition) is 4. The third-order valence-corrected chi connectivity index (χ3v) is 4.15. The third kappa shape index (κ3) is 5.14. The Morgan fingerprint density at radius 2 is 2.14 bits per heavy atom. The molecule has 0 amide bonds. The molecule has 1 aliphatic carbocycles. The summed E-state index contributed by atoms with van der Waals surface area (Å²) >= 11 is 0. The molecule has 21 heavy (non-hydrogen) atoms. The summed E-state index contributed by atoms with van der Waals surface area (Å²) in [5.41, 5.74) is -0.748. The number of alkyl halides is 3. The predicted octanol–water partition coefficient (Wildman–Crippen LogP) is 2.33. The molecule has 2 unspecified atom stereocenters. The molecule has 124 valence electrons. The summed E-state index contributed by atoms with van der Waals surface area (Å²) in [7, 11) is 3.03. The molecule has 7 heteroatoms. The summed E-state index contributed by atoms with van der Waals surface area (Å²) in [6.45, 7) is 2.65. The lowest BCUT2D eigenvalue weighted by atomic mass is 9.97. The number of rotatable bonds is 7. The molecule has 1 saturated carbocycles. The van der Waals surface area contributed by atoms with Gasteiger partial charge < -0.3 is 15.0 Å². The van der Waals surface area contributed by atoms with E-state index in [-0.39, 0.29) is 18.6 Å². The number of hydrogen-bond donors (Lipinski definition) is 1. The van der Waals surface area contributed by atoms with E-state index < -0.39 is 18.1 Å². The first-order valence-electron chi connectivity index (χ1n) is 7.34. The van der Waals surface area contributed by atoms with Gasteiger partial charge in [-0.25, -0.2) is 0 Å². The van der Waals surface area contributed by atoms with Crippen LogP contribution in [0.25, 0.3) is 0 Å². The zero-order valence-corrected chi connectivity index (χ0v) is 12.9. The third-order valence-electron chi connectivity index (χ3n) is 4.15. The number of methoxy groups -OCH3 is 1. The van der Waals surface area contributed by atoms with Crippen LogP contribution in [0, 0.1) is 0 Å². The van der Waals surface area contributed by atoms with Gasteiger partial charge in [-0.1, -0.05) is 6.92 Å². The van der Waals surface area contributed by atoms with Crippen molar-refractivity contribution in [3.05, 3.63) is 0 Å². The van der Waals surface area contributed by atoms with Crippen LogP contribution in [0.4, 0.5) is 13.2 Å². The highest BCUT2D eigenvalue weighted by atomic mass is 19.4. The highest BCUT2D eigenvalue weighted by Gasteiger charge is 2.47. The summed E-state index contributed by atoms with van der Waals surface area (Å²) in [5, 5.41) is 3.23. The van der Waals surface area contributed by atoms with Gasteiger partial charge in [-0.2, -0.15) is 13.2 Å². The van der Waals surface area contributed by atoms with Gasteiger partial charge in [0.2, 0.25) is 0 Å². The van der Waals surface area contributed by atoms with E-state index in [4.69, 9.17) is 4.74 Å². The van der Waals surface area contributed by atoms with Crippen LogP contribution < -0.4 is 5.32 Å². The van der Waals surface area contributed by atoms with Crippen LogP contribution in [0.5, 0.6) is 0 Å². The van der Waals surface area contributed by atoms with E-state index in [1.165, 1.54) is 7.11 Å². The quantitative estimate of drug-likeness (QED) is 0.733. The Kier molecular flexibility index (Phi) is 6.46. The van der Waals surface area contributed by atoms with Crippen molar-refractivity contribution in [1.82, 2.24) is 10.2 Å². The average Bonchev–Trinajstić information content (AvgIpc) is 2.86. The molecule has 0 aromatic heterocycles. The first-order valence-corrected chi connectivity index (χ1v) is 7.34. The highest BCUT2D eigenvalue weighted by Crippen LogP contribution is 2.34. The van der Waals surface area contributed by atoms with Crippen molar-refractivity contribution < 1.29 is 22.7 Å². The molecule has 1 N–H and O–H groups in total. The van der Waals surface area contributed by atoms with Crippen molar-refractivity contribution in [2.75, 3.05) is 27.2 Å². The number of nitrogens with one attached hydrogen (secondary N) is 1. The van der Waals surface area contributed by atoms with Crippen molar-refractivity contribution in [2.45, 2.75) is 56.8 Å². The number of halogens is 3. The van der Waals surface area contributed by atoms with Crippen molar-refractivity contribution >= 4 is 5.97 Å². The monoisotopic (exact) mass is 310 g/mol. The normalized spacial score (nSPS) is 26.3. The van der Waals surface area contributed by atoms with Gasteiger partial charge in [0.25, 0.3) is 0 Å². The minimum atomic E-state index is -4.15. The Labute approximate surface area is 124 Å². The molecular formula is C14H25F3N2O2. The summed E-state index contributed by atoms with van der Waals surface area (Å²) in [4.78, 5) is 13.7. The molecule has 1 fully saturated rings. The number of esters is 1. The molecule has 0 bridgehead atoms. The van der Waals surface area contributed by atoms with Crippen molar-refractivity contribution in [3.63, 3.8) is 0 Å². The van der Waals surface area contributed by atoms with Gasteiger partial charge in [0.1, 0.15) is 5.54 Å². The molecule has 4 nitrogen and oxygen atoms in total. The second-order valence-corrected chi connectivity index (χ2v) is 5.74. The Morgan fingerprint density at radius 3 is 2.67 bits per heavy atom. The molecule has 0 aromatic carbocycles. The van der Waals surface area contributed by atoms with Crippen molar-refractivity contribution in [3.8, 4) is 0 Å². The van der Waals surface area contributed by atoms with Gasteiger partial charge >= 0.3 is 12.1 Å². The minimum absolute atomic E-state index is 0.0317. The molecule has 1 aliphatic rings. The summed E-state index contributed by atoms with van der Waals surface area (Å²) in [6.07, 6.45) is -2.30. The second-order valence-electron chi connectivity index (χ2n) is 5.74. The van der Waals surface area contributed by atoms with Gasteiger partial charge in [0.05, 0.1) is 13.5 Å². The standard InChI is InChI=1S/C14H25F3N2O2/c1-4-8-18-13(12(20)21-3)6-5-11(10-13)19(2)9-7-14(15,16)17/h11,18H,4-10H2,1-3H3. The first-order chi connectivity index (χ1) is 9.74. The maximum atomic E-state index is 12.3. The highest BCUT2D eigenvalue weighted by molar-refractivity contribution is 5.81. The first kappa shape index (κ1) is 18.2. The zero-order chi connectivity index (χ0) is 16.1. The zero-order valence-electron chi connectivity index (χ0n) is 12.9. The Bertz CT molecular complexity index is 350. The maximum absolute atomic E-state index is 12.3. The fourth-order valence-electron chi connectivity index (χ4n) is 2.86. The van der Waals surface area contributed by atoms with Crippen molar-refractivity contribution in [2.24, 2.45) is 0 Å². The smallest absolute Gasteiger partial charge is 0.390 e. The van der Waals surface area contributed by atoms with Crippen LogP contribution in [-0.2, 0) is 9.53 Å². The van der Waals surface area contributed by atoms with Gasteiger partial charge in [0, 0.05) is 12.6 Å². The van der Waals surface area contributed by atoms with Crippen molar-refractivity contribution in [1.29, 1.82) is 0 Å². The van der Waals surface area contributed by atoms with Gasteiger partial charge in [0.15, 0.2) is 0 Å². The van der Waals surface area contributed by atoms with Gasteiger partial charge in [-0.3, -0.25) is 4.79 Å². The number of carbonyl (C=O) groups is 1. The topological polar surface area (TPSA) is 41.6 Å². The van der Waals surface area contributed by atoms with E-state index in [2.05, 4.69) is 5.32 Å². The fraction of sp³-hybridized carbons (Fsp3) is 0.929. The van der Waals surface area contributed by atoms with Crippen LogP contribution in [0.15, 0.2) is 0 Å². The minimum Gasteiger partial charge on any atom is -0.468 e. The molecule has 0 spiro atoms. The van der Waals surface area contributed by atoms with Gasteiger partial charge in [-0.15, -0.1) is 0 Å². The summed E-state index contributed by atoms with van der Waals surface area (Å²) < 4.78 is 41.8. The van der Waals surface area contributed by atoms with Crippen LogP contribution in [0.2, 0.25) is 0 Å². The van der Waals surface area contributed by atoms with Gasteiger partial charge in [-0.05, 0) is 39.3 Å². The van der Waals surface area contributed by atoms with Crippen LogP contribution in [-0.4, -0.2) is 55.9 Å². The molecule has 1 rings (SSSR count). The Morgan fingerprint density at radius 1 is 1.48 bits per heavy atom. The lowest BCUT2D eigenvalue weighted by Crippen LogP contribution is -2.52. The summed E-state index contributed by atoms with van der Waals surface area (Å²) in [5.74, 6) is -0.317. The molecule has 0 radical (unpaired) electrons.